The molecule has 0 aromatic carbocycles. The number of sulfone groups is 1. The smallest absolute Gasteiger partial charge is 0.177 e. The first-order valence-electron chi connectivity index (χ1n) is 4.18. The average Bonchev–Trinajstić information content (AvgIpc) is 2.01. The molecule has 0 fully saturated rings. The number of aromatic nitrogens is 1. The van der Waals surface area contributed by atoms with E-state index in [-0.39, 0.29) is 16.5 Å². The Morgan fingerprint density at radius 3 is 2.36 bits per heavy atom. The van der Waals surface area contributed by atoms with Gasteiger partial charge in [-0.15, -0.1) is 0 Å². The summed E-state index contributed by atoms with van der Waals surface area (Å²) in [5, 5.41) is 0. The van der Waals surface area contributed by atoms with Crippen LogP contribution in [0.1, 0.15) is 25.5 Å². The van der Waals surface area contributed by atoms with E-state index in [4.69, 9.17) is 0 Å². The molecule has 0 saturated heterocycles. The maximum absolute atomic E-state index is 13.3. The van der Waals surface area contributed by atoms with Crippen LogP contribution in [0.15, 0.2) is 17.2 Å². The molecule has 3 nitrogen and oxygen atoms in total. The summed E-state index contributed by atoms with van der Waals surface area (Å²) in [5.74, 6) is -0.619. The first kappa shape index (κ1) is 11.1. The molecule has 1 rings (SSSR count). The van der Waals surface area contributed by atoms with E-state index in [9.17, 15) is 12.8 Å². The topological polar surface area (TPSA) is 47.0 Å². The van der Waals surface area contributed by atoms with Crippen LogP contribution in [0.25, 0.3) is 0 Å². The molecular weight excluding hydrogens is 205 g/mol. The van der Waals surface area contributed by atoms with Crippen molar-refractivity contribution in [2.75, 3.05) is 6.26 Å². The van der Waals surface area contributed by atoms with E-state index in [0.717, 1.165) is 12.3 Å². The molecule has 5 heteroatoms. The van der Waals surface area contributed by atoms with Crippen LogP contribution in [-0.2, 0) is 9.84 Å². The molecule has 1 heterocycles. The molecular formula is C9H12FNO2S. The maximum Gasteiger partial charge on any atom is 0.177 e. The van der Waals surface area contributed by atoms with Gasteiger partial charge in [0.2, 0.25) is 0 Å². The Hall–Kier alpha value is -0.970. The monoisotopic (exact) mass is 217 g/mol. The lowest BCUT2D eigenvalue weighted by Gasteiger charge is -2.06. The fourth-order valence-corrected chi connectivity index (χ4v) is 1.62. The lowest BCUT2D eigenvalue weighted by atomic mass is 10.1. The van der Waals surface area contributed by atoms with E-state index in [1.165, 1.54) is 6.20 Å². The third-order valence-corrected chi connectivity index (χ3v) is 2.90. The van der Waals surface area contributed by atoms with Gasteiger partial charge in [-0.05, 0) is 12.0 Å². The summed E-state index contributed by atoms with van der Waals surface area (Å²) in [5.41, 5.74) is 0.289. The van der Waals surface area contributed by atoms with Crippen LogP contribution in [-0.4, -0.2) is 19.7 Å². The second-order valence-electron chi connectivity index (χ2n) is 3.46. The van der Waals surface area contributed by atoms with Crippen molar-refractivity contribution < 1.29 is 12.8 Å². The van der Waals surface area contributed by atoms with E-state index >= 15 is 0 Å². The van der Waals surface area contributed by atoms with Gasteiger partial charge >= 0.3 is 0 Å². The summed E-state index contributed by atoms with van der Waals surface area (Å²) in [4.78, 5) is 3.71. The number of nitrogens with zero attached hydrogens (tertiary/aromatic N) is 1. The largest absolute Gasteiger partial charge is 0.257 e. The van der Waals surface area contributed by atoms with E-state index in [0.29, 0.717) is 0 Å². The third-order valence-electron chi connectivity index (χ3n) is 1.82. The fraction of sp³-hybridized carbons (Fsp3) is 0.444. The molecule has 1 aromatic rings. The van der Waals surface area contributed by atoms with Crippen LogP contribution in [0.5, 0.6) is 0 Å². The molecule has 0 saturated carbocycles. The van der Waals surface area contributed by atoms with Crippen LogP contribution in [0.3, 0.4) is 0 Å². The summed E-state index contributed by atoms with van der Waals surface area (Å²) in [6.45, 7) is 3.59. The number of hydrogen-bond donors (Lipinski definition) is 0. The average molecular weight is 217 g/mol. The number of pyridine rings is 1. The van der Waals surface area contributed by atoms with E-state index in [1.807, 2.05) is 0 Å². The predicted octanol–water partition coefficient (Wildman–Crippen LogP) is 1.75. The molecule has 0 unspecified atom stereocenters. The molecule has 0 aliphatic rings. The van der Waals surface area contributed by atoms with Gasteiger partial charge in [-0.25, -0.2) is 12.8 Å². The highest BCUT2D eigenvalue weighted by Gasteiger charge is 2.13. The Kier molecular flexibility index (Phi) is 2.89. The number of hydrogen-bond acceptors (Lipinski definition) is 3. The van der Waals surface area contributed by atoms with Crippen molar-refractivity contribution in [3.63, 3.8) is 0 Å². The Morgan fingerprint density at radius 2 is 2.00 bits per heavy atom. The van der Waals surface area contributed by atoms with Gasteiger partial charge in [0.05, 0.1) is 10.6 Å². The molecule has 0 spiro atoms. The van der Waals surface area contributed by atoms with Crippen LogP contribution >= 0.6 is 0 Å². The van der Waals surface area contributed by atoms with Crippen LogP contribution in [0, 0.1) is 5.82 Å². The fourth-order valence-electron chi connectivity index (χ4n) is 1.06. The SMILES string of the molecule is CC(C)c1ncc(S(C)(=O)=O)cc1F. The second kappa shape index (κ2) is 3.65. The minimum Gasteiger partial charge on any atom is -0.257 e. The molecule has 1 aromatic heterocycles. The molecule has 14 heavy (non-hydrogen) atoms. The first-order valence-corrected chi connectivity index (χ1v) is 6.07. The van der Waals surface area contributed by atoms with Crippen LogP contribution in [0.4, 0.5) is 4.39 Å². The number of rotatable bonds is 2. The second-order valence-corrected chi connectivity index (χ2v) is 5.48. The first-order chi connectivity index (χ1) is 6.32. The van der Waals surface area contributed by atoms with Gasteiger partial charge in [0, 0.05) is 12.5 Å². The van der Waals surface area contributed by atoms with E-state index in [2.05, 4.69) is 4.98 Å². The van der Waals surface area contributed by atoms with Gasteiger partial charge < -0.3 is 0 Å². The van der Waals surface area contributed by atoms with Gasteiger partial charge in [-0.1, -0.05) is 13.8 Å². The molecule has 0 aliphatic carbocycles. The molecule has 0 radical (unpaired) electrons. The summed E-state index contributed by atoms with van der Waals surface area (Å²) in [6, 6.07) is 1.01. The lowest BCUT2D eigenvalue weighted by molar-refractivity contribution is 0.572. The molecule has 0 amide bonds. The summed E-state index contributed by atoms with van der Waals surface area (Å²) in [6.07, 6.45) is 2.21. The van der Waals surface area contributed by atoms with Crippen molar-refractivity contribution in [2.24, 2.45) is 0 Å². The van der Waals surface area contributed by atoms with Crippen molar-refractivity contribution in [1.82, 2.24) is 4.98 Å². The van der Waals surface area contributed by atoms with E-state index in [1.54, 1.807) is 13.8 Å². The minimum atomic E-state index is -3.37. The van der Waals surface area contributed by atoms with Gasteiger partial charge in [-0.2, -0.15) is 0 Å². The van der Waals surface area contributed by atoms with Crippen LogP contribution < -0.4 is 0 Å². The van der Waals surface area contributed by atoms with Crippen LogP contribution in [0.2, 0.25) is 0 Å². The van der Waals surface area contributed by atoms with Crippen molar-refractivity contribution in [2.45, 2.75) is 24.7 Å². The van der Waals surface area contributed by atoms with Crippen molar-refractivity contribution in [3.05, 3.63) is 23.8 Å². The Labute approximate surface area is 82.9 Å². The highest BCUT2D eigenvalue weighted by Crippen LogP contribution is 2.18. The Morgan fingerprint density at radius 1 is 1.43 bits per heavy atom. The summed E-state index contributed by atoms with van der Waals surface area (Å²) < 4.78 is 35.4. The van der Waals surface area contributed by atoms with Gasteiger partial charge in [0.15, 0.2) is 9.84 Å². The van der Waals surface area contributed by atoms with E-state index < -0.39 is 15.7 Å². The van der Waals surface area contributed by atoms with Gasteiger partial charge in [0.1, 0.15) is 5.82 Å². The zero-order valence-corrected chi connectivity index (χ0v) is 9.10. The molecule has 0 aliphatic heterocycles. The summed E-state index contributed by atoms with van der Waals surface area (Å²) >= 11 is 0. The minimum absolute atomic E-state index is 0.0522. The third kappa shape index (κ3) is 2.29. The highest BCUT2D eigenvalue weighted by atomic mass is 32.2. The zero-order chi connectivity index (χ0) is 10.9. The predicted molar refractivity (Wildman–Crippen MR) is 51.4 cm³/mol. The molecule has 0 atom stereocenters. The van der Waals surface area contributed by atoms with Crippen molar-refractivity contribution >= 4 is 9.84 Å². The standard InChI is InChI=1S/C9H12FNO2S/c1-6(2)9-8(10)4-7(5-11-9)14(3,12)13/h4-6H,1-3H3. The Bertz CT molecular complexity index is 440. The molecule has 0 N–H and O–H groups in total. The van der Waals surface area contributed by atoms with Gasteiger partial charge in [0.25, 0.3) is 0 Å². The summed E-state index contributed by atoms with van der Waals surface area (Å²) in [7, 11) is -3.37. The number of halogens is 1. The maximum atomic E-state index is 13.3. The van der Waals surface area contributed by atoms with Crippen molar-refractivity contribution in [1.29, 1.82) is 0 Å². The highest BCUT2D eigenvalue weighted by molar-refractivity contribution is 7.90. The molecule has 78 valence electrons. The van der Waals surface area contributed by atoms with Crippen molar-refractivity contribution in [3.8, 4) is 0 Å². The lowest BCUT2D eigenvalue weighted by Crippen LogP contribution is -2.03. The quantitative estimate of drug-likeness (QED) is 0.758. The Balaban J connectivity index is 3.27. The normalized spacial score (nSPS) is 12.1. The molecule has 0 bridgehead atoms. The zero-order valence-electron chi connectivity index (χ0n) is 8.28. The van der Waals surface area contributed by atoms with Gasteiger partial charge in [-0.3, -0.25) is 4.98 Å².